The summed E-state index contributed by atoms with van der Waals surface area (Å²) in [7, 11) is 0. The van der Waals surface area contributed by atoms with Crippen molar-refractivity contribution < 1.29 is 35.0 Å². The van der Waals surface area contributed by atoms with Gasteiger partial charge in [0, 0.05) is 17.0 Å². The van der Waals surface area contributed by atoms with Crippen molar-refractivity contribution in [1.82, 2.24) is 0 Å². The maximum atomic E-state index is 10.1. The van der Waals surface area contributed by atoms with Gasteiger partial charge in [-0.15, -0.1) is 6.58 Å². The van der Waals surface area contributed by atoms with E-state index in [0.29, 0.717) is 5.56 Å². The van der Waals surface area contributed by atoms with E-state index in [9.17, 15) is 25.5 Å². The summed E-state index contributed by atoms with van der Waals surface area (Å²) in [6, 6.07) is 4.53. The average molecular weight is 340 g/mol. The fourth-order valence-electron chi connectivity index (χ4n) is 2.54. The van der Waals surface area contributed by atoms with Crippen LogP contribution in [0.25, 0.3) is 0 Å². The van der Waals surface area contributed by atoms with Crippen LogP contribution in [0.15, 0.2) is 30.9 Å². The zero-order chi connectivity index (χ0) is 18.1. The quantitative estimate of drug-likeness (QED) is 0.480. The number of aromatic hydroxyl groups is 1. The minimum atomic E-state index is -1.53. The van der Waals surface area contributed by atoms with Crippen molar-refractivity contribution in [3.05, 3.63) is 36.4 Å². The number of benzene rings is 1. The molecule has 1 aliphatic heterocycles. The van der Waals surface area contributed by atoms with Gasteiger partial charge in [-0.25, -0.2) is 0 Å². The van der Waals surface area contributed by atoms with E-state index in [2.05, 4.69) is 6.58 Å². The van der Waals surface area contributed by atoms with Crippen LogP contribution in [0.2, 0.25) is 0 Å². The molecular formula is C17H24O7. The molecule has 7 nitrogen and oxygen atoms in total. The molecule has 2 rings (SSSR count). The summed E-state index contributed by atoms with van der Waals surface area (Å²) in [6.45, 7) is 7.02. The van der Waals surface area contributed by atoms with Gasteiger partial charge in [0.15, 0.2) is 0 Å². The van der Waals surface area contributed by atoms with Crippen molar-refractivity contribution in [2.75, 3.05) is 6.61 Å². The molecule has 134 valence electrons. The van der Waals surface area contributed by atoms with Gasteiger partial charge in [0.1, 0.15) is 35.9 Å². The van der Waals surface area contributed by atoms with Gasteiger partial charge in [0.25, 0.3) is 0 Å². The minimum Gasteiger partial charge on any atom is -0.508 e. The molecule has 1 aromatic carbocycles. The number of allylic oxidation sites excluding steroid dienone is 1. The standard InChI is InChI=1S/C17H24O7/c1-4-17(2,3)10-6-5-9(19)7-11(10)23-16-15(22)14(21)13(20)12(8-18)24-16/h4-7,12-16,18-22H,1,8H2,2-3H3/t12-,13-,14+,15+,16-/m1/s1. The number of hydrogen-bond donors (Lipinski definition) is 5. The first-order valence-electron chi connectivity index (χ1n) is 7.65. The van der Waals surface area contributed by atoms with Gasteiger partial charge in [-0.05, 0) is 6.07 Å². The molecule has 5 N–H and O–H groups in total. The molecule has 7 heteroatoms. The number of rotatable bonds is 5. The number of ether oxygens (including phenoxy) is 2. The third-order valence-corrected chi connectivity index (χ3v) is 4.26. The molecule has 1 aliphatic rings. The Morgan fingerprint density at radius 1 is 1.21 bits per heavy atom. The molecule has 1 fully saturated rings. The molecule has 24 heavy (non-hydrogen) atoms. The van der Waals surface area contributed by atoms with Gasteiger partial charge >= 0.3 is 0 Å². The Hall–Kier alpha value is -1.64. The molecule has 1 aromatic rings. The van der Waals surface area contributed by atoms with E-state index in [1.807, 2.05) is 13.8 Å². The maximum absolute atomic E-state index is 10.1. The SMILES string of the molecule is C=CC(C)(C)c1ccc(O)cc1O[C@@H]1O[C@H](CO)[C@@H](O)[C@H](O)[C@@H]1O. The Labute approximate surface area is 140 Å². The highest BCUT2D eigenvalue weighted by Gasteiger charge is 2.45. The lowest BCUT2D eigenvalue weighted by Crippen LogP contribution is -2.60. The summed E-state index contributed by atoms with van der Waals surface area (Å²) < 4.78 is 11.0. The molecule has 0 spiro atoms. The van der Waals surface area contributed by atoms with Gasteiger partial charge in [0.2, 0.25) is 6.29 Å². The van der Waals surface area contributed by atoms with E-state index in [1.54, 1.807) is 12.1 Å². The summed E-state index contributed by atoms with van der Waals surface area (Å²) in [4.78, 5) is 0. The maximum Gasteiger partial charge on any atom is 0.229 e. The zero-order valence-electron chi connectivity index (χ0n) is 13.7. The van der Waals surface area contributed by atoms with Crippen LogP contribution in [0.4, 0.5) is 0 Å². The molecule has 1 saturated heterocycles. The van der Waals surface area contributed by atoms with Crippen LogP contribution in [0.1, 0.15) is 19.4 Å². The fourth-order valence-corrected chi connectivity index (χ4v) is 2.54. The van der Waals surface area contributed by atoms with Crippen LogP contribution < -0.4 is 4.74 Å². The Morgan fingerprint density at radius 2 is 1.88 bits per heavy atom. The van der Waals surface area contributed by atoms with Crippen LogP contribution >= 0.6 is 0 Å². The Bertz CT molecular complexity index is 584. The molecule has 0 aromatic heterocycles. The van der Waals surface area contributed by atoms with Crippen molar-refractivity contribution in [2.24, 2.45) is 0 Å². The molecule has 0 aliphatic carbocycles. The topological polar surface area (TPSA) is 120 Å². The van der Waals surface area contributed by atoms with E-state index in [0.717, 1.165) is 0 Å². The van der Waals surface area contributed by atoms with Crippen LogP contribution in [-0.4, -0.2) is 62.8 Å². The Kier molecular flexibility index (Phi) is 5.52. The van der Waals surface area contributed by atoms with Crippen molar-refractivity contribution >= 4 is 0 Å². The van der Waals surface area contributed by atoms with Crippen LogP contribution in [0.3, 0.4) is 0 Å². The van der Waals surface area contributed by atoms with Crippen molar-refractivity contribution in [1.29, 1.82) is 0 Å². The number of phenolic OH excluding ortho intramolecular Hbond substituents is 1. The summed E-state index contributed by atoms with van der Waals surface area (Å²) in [5.41, 5.74) is 0.198. The second kappa shape index (κ2) is 7.08. The Morgan fingerprint density at radius 3 is 2.46 bits per heavy atom. The average Bonchev–Trinajstić information content (AvgIpc) is 2.55. The molecule has 0 amide bonds. The summed E-state index contributed by atoms with van der Waals surface area (Å²) >= 11 is 0. The fraction of sp³-hybridized carbons (Fsp3) is 0.529. The third kappa shape index (κ3) is 3.55. The summed E-state index contributed by atoms with van der Waals surface area (Å²) in [6.07, 6.45) is -5.19. The highest BCUT2D eigenvalue weighted by molar-refractivity contribution is 5.46. The van der Waals surface area contributed by atoms with E-state index < -0.39 is 42.7 Å². The van der Waals surface area contributed by atoms with Gasteiger partial charge in [0.05, 0.1) is 6.61 Å². The predicted octanol–water partition coefficient (Wildman–Crippen LogP) is 0.0345. The molecule has 0 unspecified atom stereocenters. The zero-order valence-corrected chi connectivity index (χ0v) is 13.7. The van der Waals surface area contributed by atoms with Gasteiger partial charge in [-0.2, -0.15) is 0 Å². The number of aliphatic hydroxyl groups is 4. The second-order valence-electron chi connectivity index (χ2n) is 6.42. The van der Waals surface area contributed by atoms with Crippen molar-refractivity contribution in [3.63, 3.8) is 0 Å². The van der Waals surface area contributed by atoms with Crippen molar-refractivity contribution in [3.8, 4) is 11.5 Å². The molecule has 0 bridgehead atoms. The number of phenols is 1. The third-order valence-electron chi connectivity index (χ3n) is 4.26. The lowest BCUT2D eigenvalue weighted by atomic mass is 9.84. The lowest BCUT2D eigenvalue weighted by molar-refractivity contribution is -0.277. The number of aliphatic hydroxyl groups excluding tert-OH is 4. The largest absolute Gasteiger partial charge is 0.508 e. The highest BCUT2D eigenvalue weighted by atomic mass is 16.7. The predicted molar refractivity (Wildman–Crippen MR) is 85.7 cm³/mol. The van der Waals surface area contributed by atoms with Gasteiger partial charge < -0.3 is 35.0 Å². The molecule has 5 atom stereocenters. The Balaban J connectivity index is 2.33. The monoisotopic (exact) mass is 340 g/mol. The van der Waals surface area contributed by atoms with Crippen LogP contribution in [0, 0.1) is 0 Å². The van der Waals surface area contributed by atoms with Gasteiger partial charge in [-0.3, -0.25) is 0 Å². The number of hydrogen-bond acceptors (Lipinski definition) is 7. The summed E-state index contributed by atoms with van der Waals surface area (Å²) in [5.74, 6) is 0.197. The summed E-state index contributed by atoms with van der Waals surface area (Å²) in [5, 5.41) is 48.7. The molecule has 0 saturated carbocycles. The van der Waals surface area contributed by atoms with Crippen LogP contribution in [-0.2, 0) is 10.2 Å². The normalized spacial score (nSPS) is 30.8. The molecule has 1 heterocycles. The van der Waals surface area contributed by atoms with Crippen LogP contribution in [0.5, 0.6) is 11.5 Å². The van der Waals surface area contributed by atoms with Gasteiger partial charge in [-0.1, -0.05) is 26.0 Å². The molecular weight excluding hydrogens is 316 g/mol. The minimum absolute atomic E-state index is 0.0433. The molecule has 0 radical (unpaired) electrons. The van der Waals surface area contributed by atoms with E-state index in [1.165, 1.54) is 12.1 Å². The lowest BCUT2D eigenvalue weighted by Gasteiger charge is -2.40. The first-order valence-corrected chi connectivity index (χ1v) is 7.65. The first kappa shape index (κ1) is 18.7. The highest BCUT2D eigenvalue weighted by Crippen LogP contribution is 2.36. The van der Waals surface area contributed by atoms with E-state index >= 15 is 0 Å². The second-order valence-corrected chi connectivity index (χ2v) is 6.42. The van der Waals surface area contributed by atoms with Crippen molar-refractivity contribution in [2.45, 2.75) is 50.0 Å². The smallest absolute Gasteiger partial charge is 0.229 e. The van der Waals surface area contributed by atoms with E-state index in [-0.39, 0.29) is 11.5 Å². The first-order chi connectivity index (χ1) is 11.2. The van der Waals surface area contributed by atoms with E-state index in [4.69, 9.17) is 9.47 Å².